The molecule has 1 saturated heterocycles. The van der Waals surface area contributed by atoms with Gasteiger partial charge in [-0.25, -0.2) is 15.0 Å². The van der Waals surface area contributed by atoms with Crippen molar-refractivity contribution in [1.82, 2.24) is 34.3 Å². The van der Waals surface area contributed by atoms with Crippen LogP contribution in [-0.2, 0) is 13.6 Å². The van der Waals surface area contributed by atoms with Gasteiger partial charge in [-0.3, -0.25) is 14.7 Å². The molecule has 3 aromatic heterocycles. The first-order valence-electron chi connectivity index (χ1n) is 12.3. The molecule has 1 fully saturated rings. The number of pyridine rings is 1. The van der Waals surface area contributed by atoms with Gasteiger partial charge in [-0.2, -0.15) is 0 Å². The Morgan fingerprint density at radius 1 is 1.11 bits per heavy atom. The Balaban J connectivity index is 1.42. The fourth-order valence-corrected chi connectivity index (χ4v) is 4.63. The molecular formula is C26H32N10O. The van der Waals surface area contributed by atoms with Crippen LogP contribution in [0.2, 0.25) is 0 Å². The second kappa shape index (κ2) is 10.1. The third-order valence-electron chi connectivity index (χ3n) is 6.93. The molecule has 4 heterocycles. The summed E-state index contributed by atoms with van der Waals surface area (Å²) in [6, 6.07) is 8.68. The largest absolute Gasteiger partial charge is 0.371 e. The molecule has 0 saturated carbocycles. The number of nitrogens with two attached hydrogens (primary N) is 1. The third kappa shape index (κ3) is 4.95. The van der Waals surface area contributed by atoms with Crippen LogP contribution in [-0.4, -0.2) is 80.0 Å². The van der Waals surface area contributed by atoms with Gasteiger partial charge < -0.3 is 25.8 Å². The molecule has 1 amide bonds. The van der Waals surface area contributed by atoms with Crippen LogP contribution in [0.1, 0.15) is 23.0 Å². The number of anilines is 3. The molecule has 1 aliphatic rings. The van der Waals surface area contributed by atoms with Crippen LogP contribution in [0, 0.1) is 0 Å². The highest BCUT2D eigenvalue weighted by atomic mass is 16.1. The van der Waals surface area contributed by atoms with Crippen LogP contribution in [0.4, 0.5) is 17.3 Å². The predicted molar refractivity (Wildman–Crippen MR) is 145 cm³/mol. The summed E-state index contributed by atoms with van der Waals surface area (Å²) in [7, 11) is 5.82. The molecule has 5 rings (SSSR count). The summed E-state index contributed by atoms with van der Waals surface area (Å²) >= 11 is 0. The van der Waals surface area contributed by atoms with Crippen LogP contribution >= 0.6 is 0 Å². The van der Waals surface area contributed by atoms with Crippen molar-refractivity contribution in [2.45, 2.75) is 19.5 Å². The molecule has 0 unspecified atom stereocenters. The molecule has 0 radical (unpaired) electrons. The van der Waals surface area contributed by atoms with E-state index in [0.717, 1.165) is 37.4 Å². The van der Waals surface area contributed by atoms with Gasteiger partial charge in [0.1, 0.15) is 11.2 Å². The van der Waals surface area contributed by atoms with E-state index < -0.39 is 5.91 Å². The second-order valence-electron chi connectivity index (χ2n) is 9.53. The highest BCUT2D eigenvalue weighted by molar-refractivity contribution is 5.99. The van der Waals surface area contributed by atoms with Crippen LogP contribution in [0.5, 0.6) is 0 Å². The van der Waals surface area contributed by atoms with Crippen molar-refractivity contribution in [1.29, 1.82) is 0 Å². The summed E-state index contributed by atoms with van der Waals surface area (Å²) < 4.78 is 1.87. The Morgan fingerprint density at radius 2 is 1.89 bits per heavy atom. The molecule has 0 bridgehead atoms. The second-order valence-corrected chi connectivity index (χ2v) is 9.53. The number of nitrogens with zero attached hydrogens (tertiary/aromatic N) is 7. The molecule has 11 heteroatoms. The number of carbonyl (C=O) groups excluding carboxylic acids is 1. The van der Waals surface area contributed by atoms with Crippen molar-refractivity contribution < 1.29 is 4.79 Å². The first kappa shape index (κ1) is 24.6. The minimum absolute atomic E-state index is 0.0393. The standard InChI is InChI=1S/C26H32N10O/c1-16-13-36(10-9-34(16)3)14-17-5-7-18(8-6-17)31-26-23(24(27)37)32-22(25(28-2)33-26)19-11-29-12-20-21(19)30-15-35(20)4/h5-8,11-12,15-16H,9-10,13-14H2,1-4H3,(H2,27,37)(H2,28,31,33)/t16-/m0/s1. The third-order valence-corrected chi connectivity index (χ3v) is 6.93. The Hall–Kier alpha value is -4.09. The summed E-state index contributed by atoms with van der Waals surface area (Å²) in [5.41, 5.74) is 10.4. The molecule has 11 nitrogen and oxygen atoms in total. The number of hydrogen-bond donors (Lipinski definition) is 3. The van der Waals surface area contributed by atoms with Gasteiger partial charge in [0.25, 0.3) is 5.91 Å². The molecule has 0 aliphatic carbocycles. The predicted octanol–water partition coefficient (Wildman–Crippen LogP) is 2.45. The lowest BCUT2D eigenvalue weighted by Crippen LogP contribution is -2.49. The van der Waals surface area contributed by atoms with Crippen molar-refractivity contribution in [2.75, 3.05) is 44.4 Å². The van der Waals surface area contributed by atoms with Crippen LogP contribution in [0.15, 0.2) is 43.0 Å². The summed E-state index contributed by atoms with van der Waals surface area (Å²) in [5.74, 6) is 0.0801. The van der Waals surface area contributed by atoms with Crippen LogP contribution < -0.4 is 16.4 Å². The number of imidazole rings is 1. The number of carbonyl (C=O) groups is 1. The van der Waals surface area contributed by atoms with Crippen molar-refractivity contribution >= 4 is 34.3 Å². The monoisotopic (exact) mass is 500 g/mol. The molecule has 37 heavy (non-hydrogen) atoms. The zero-order valence-corrected chi connectivity index (χ0v) is 21.6. The number of nitrogens with one attached hydrogen (secondary N) is 2. The van der Waals surface area contributed by atoms with E-state index in [1.807, 2.05) is 23.7 Å². The van der Waals surface area contributed by atoms with Gasteiger partial charge in [0, 0.05) is 58.2 Å². The smallest absolute Gasteiger partial charge is 0.271 e. The fourth-order valence-electron chi connectivity index (χ4n) is 4.63. The zero-order valence-electron chi connectivity index (χ0n) is 21.6. The van der Waals surface area contributed by atoms with E-state index in [1.165, 1.54) is 5.56 Å². The Labute approximate surface area is 215 Å². The average Bonchev–Trinajstić information content (AvgIpc) is 3.28. The van der Waals surface area contributed by atoms with E-state index in [2.05, 4.69) is 66.5 Å². The van der Waals surface area contributed by atoms with Crippen molar-refractivity contribution in [3.63, 3.8) is 0 Å². The number of aromatic nitrogens is 5. The minimum Gasteiger partial charge on any atom is -0.371 e. The summed E-state index contributed by atoms with van der Waals surface area (Å²) in [5, 5.41) is 6.30. The van der Waals surface area contributed by atoms with Gasteiger partial charge in [0.05, 0.1) is 23.6 Å². The molecule has 1 aromatic carbocycles. The maximum atomic E-state index is 12.4. The van der Waals surface area contributed by atoms with Crippen molar-refractivity contribution in [3.05, 3.63) is 54.2 Å². The van der Waals surface area contributed by atoms with Gasteiger partial charge in [-0.05, 0) is 31.7 Å². The summed E-state index contributed by atoms with van der Waals surface area (Å²) in [6.07, 6.45) is 5.11. The maximum Gasteiger partial charge on any atom is 0.271 e. The van der Waals surface area contributed by atoms with E-state index >= 15 is 0 Å². The Morgan fingerprint density at radius 3 is 2.59 bits per heavy atom. The lowest BCUT2D eigenvalue weighted by Gasteiger charge is -2.37. The van der Waals surface area contributed by atoms with Crippen LogP contribution in [0.25, 0.3) is 22.3 Å². The van der Waals surface area contributed by atoms with Crippen LogP contribution in [0.3, 0.4) is 0 Å². The topological polar surface area (TPSA) is 130 Å². The number of fused-ring (bicyclic) bond motifs is 1. The molecule has 1 atom stereocenters. The molecular weight excluding hydrogens is 468 g/mol. The molecule has 0 spiro atoms. The number of aryl methyl sites for hydroxylation is 1. The number of likely N-dealkylation sites (N-methyl/N-ethyl adjacent to an activating group) is 1. The van der Waals surface area contributed by atoms with Crippen molar-refractivity contribution in [3.8, 4) is 11.3 Å². The molecule has 4 N–H and O–H groups in total. The quantitative estimate of drug-likeness (QED) is 0.350. The minimum atomic E-state index is -0.680. The highest BCUT2D eigenvalue weighted by Gasteiger charge is 2.22. The van der Waals surface area contributed by atoms with Gasteiger partial charge >= 0.3 is 0 Å². The first-order chi connectivity index (χ1) is 17.8. The highest BCUT2D eigenvalue weighted by Crippen LogP contribution is 2.32. The van der Waals surface area contributed by atoms with E-state index in [1.54, 1.807) is 25.8 Å². The van der Waals surface area contributed by atoms with Gasteiger partial charge in [0.15, 0.2) is 17.3 Å². The maximum absolute atomic E-state index is 12.4. The van der Waals surface area contributed by atoms with Gasteiger partial charge in [0.2, 0.25) is 0 Å². The number of rotatable bonds is 7. The number of benzene rings is 1. The average molecular weight is 501 g/mol. The summed E-state index contributed by atoms with van der Waals surface area (Å²) in [4.78, 5) is 35.4. The Bertz CT molecular complexity index is 1430. The SMILES string of the molecule is CNc1nc(Nc2ccc(CN3CCN(C)[C@@H](C)C3)cc2)c(C(N)=O)nc1-c1cncc2c1ncn2C. The zero-order chi connectivity index (χ0) is 26.1. The molecule has 1 aliphatic heterocycles. The number of amides is 1. The lowest BCUT2D eigenvalue weighted by molar-refractivity contribution is 0.0996. The number of hydrogen-bond acceptors (Lipinski definition) is 9. The number of piperazine rings is 1. The molecule has 192 valence electrons. The van der Waals surface area contributed by atoms with E-state index in [0.29, 0.717) is 28.6 Å². The van der Waals surface area contributed by atoms with E-state index in [9.17, 15) is 4.79 Å². The van der Waals surface area contributed by atoms with E-state index in [-0.39, 0.29) is 11.5 Å². The van der Waals surface area contributed by atoms with Crippen molar-refractivity contribution in [2.24, 2.45) is 12.8 Å². The number of primary amides is 1. The molecule has 4 aromatic rings. The van der Waals surface area contributed by atoms with E-state index in [4.69, 9.17) is 5.73 Å². The van der Waals surface area contributed by atoms with Gasteiger partial charge in [-0.1, -0.05) is 12.1 Å². The Kier molecular flexibility index (Phi) is 6.72. The lowest BCUT2D eigenvalue weighted by atomic mass is 10.1. The normalized spacial score (nSPS) is 16.7. The van der Waals surface area contributed by atoms with Gasteiger partial charge in [-0.15, -0.1) is 0 Å². The summed E-state index contributed by atoms with van der Waals surface area (Å²) in [6.45, 7) is 6.34. The fraction of sp³-hybridized carbons (Fsp3) is 0.346. The first-order valence-corrected chi connectivity index (χ1v) is 12.3.